The Morgan fingerprint density at radius 3 is 2.95 bits per heavy atom. The van der Waals surface area contributed by atoms with Gasteiger partial charge in [-0.1, -0.05) is 6.07 Å². The molecule has 19 heavy (non-hydrogen) atoms. The van der Waals surface area contributed by atoms with Crippen molar-refractivity contribution < 1.29 is 19.5 Å². The summed E-state index contributed by atoms with van der Waals surface area (Å²) in [5.41, 5.74) is 1.44. The molecule has 0 saturated carbocycles. The van der Waals surface area contributed by atoms with Crippen LogP contribution in [0.2, 0.25) is 0 Å². The van der Waals surface area contributed by atoms with Gasteiger partial charge in [0.25, 0.3) is 0 Å². The Morgan fingerprint density at radius 2 is 2.32 bits per heavy atom. The van der Waals surface area contributed by atoms with E-state index in [-0.39, 0.29) is 0 Å². The van der Waals surface area contributed by atoms with Gasteiger partial charge in [0.2, 0.25) is 0 Å². The van der Waals surface area contributed by atoms with Crippen LogP contribution in [-0.2, 0) is 10.5 Å². The third-order valence-electron chi connectivity index (χ3n) is 3.21. The highest BCUT2D eigenvalue weighted by atomic mass is 32.2. The first-order valence-corrected chi connectivity index (χ1v) is 7.58. The Morgan fingerprint density at radius 1 is 1.47 bits per heavy atom. The van der Waals surface area contributed by atoms with Gasteiger partial charge in [-0.3, -0.25) is 0 Å². The van der Waals surface area contributed by atoms with Crippen LogP contribution in [0.1, 0.15) is 18.4 Å². The number of rotatable bonds is 6. The van der Waals surface area contributed by atoms with Gasteiger partial charge >= 0.3 is 7.12 Å². The number of thioether (sulfide) groups is 1. The minimum absolute atomic E-state index is 0.345. The molecule has 1 saturated heterocycles. The Hall–Kier alpha value is -0.685. The fourth-order valence-corrected chi connectivity index (χ4v) is 3.28. The molecule has 1 aliphatic rings. The lowest BCUT2D eigenvalue weighted by atomic mass is 9.77. The van der Waals surface area contributed by atoms with Gasteiger partial charge in [-0.15, -0.1) is 0 Å². The molecular weight excluding hydrogens is 263 g/mol. The first-order chi connectivity index (χ1) is 9.20. The molecule has 0 amide bonds. The predicted octanol–water partition coefficient (Wildman–Crippen LogP) is 0.787. The lowest BCUT2D eigenvalue weighted by Gasteiger charge is -2.12. The van der Waals surface area contributed by atoms with Gasteiger partial charge in [-0.25, -0.2) is 0 Å². The maximum absolute atomic E-state index is 9.36. The topological polar surface area (TPSA) is 58.9 Å². The fourth-order valence-electron chi connectivity index (χ4n) is 2.16. The molecule has 2 N–H and O–H groups in total. The molecule has 6 heteroatoms. The van der Waals surface area contributed by atoms with Gasteiger partial charge < -0.3 is 19.5 Å². The summed E-state index contributed by atoms with van der Waals surface area (Å²) >= 11 is 1.75. The van der Waals surface area contributed by atoms with Crippen molar-refractivity contribution in [2.24, 2.45) is 0 Å². The zero-order chi connectivity index (χ0) is 13.7. The van der Waals surface area contributed by atoms with Crippen LogP contribution in [0.5, 0.6) is 5.75 Å². The zero-order valence-electron chi connectivity index (χ0n) is 11.0. The summed E-state index contributed by atoms with van der Waals surface area (Å²) in [6.07, 6.45) is 2.61. The number of hydrogen-bond acceptors (Lipinski definition) is 5. The first kappa shape index (κ1) is 14.7. The second kappa shape index (κ2) is 7.19. The fraction of sp³-hybridized carbons (Fsp3) is 0.538. The van der Waals surface area contributed by atoms with Crippen LogP contribution < -0.4 is 10.2 Å². The average Bonchev–Trinajstić information content (AvgIpc) is 2.91. The molecule has 1 aromatic carbocycles. The predicted molar refractivity (Wildman–Crippen MR) is 78.0 cm³/mol. The third kappa shape index (κ3) is 4.14. The van der Waals surface area contributed by atoms with E-state index in [1.807, 2.05) is 6.07 Å². The SMILES string of the molecule is COc1ccc(B(O)O)c(CSCC2CCCO2)c1. The van der Waals surface area contributed by atoms with Crippen LogP contribution >= 0.6 is 11.8 Å². The third-order valence-corrected chi connectivity index (χ3v) is 4.34. The summed E-state index contributed by atoms with van der Waals surface area (Å²) in [5.74, 6) is 2.40. The summed E-state index contributed by atoms with van der Waals surface area (Å²) < 4.78 is 10.7. The molecule has 1 aliphatic heterocycles. The van der Waals surface area contributed by atoms with Crippen LogP contribution in [-0.4, -0.2) is 42.7 Å². The molecule has 0 bridgehead atoms. The van der Waals surface area contributed by atoms with Gasteiger partial charge in [-0.05, 0) is 36.0 Å². The van der Waals surface area contributed by atoms with Crippen molar-refractivity contribution in [1.29, 1.82) is 0 Å². The first-order valence-electron chi connectivity index (χ1n) is 6.43. The average molecular weight is 282 g/mol. The normalized spacial score (nSPS) is 18.6. The lowest BCUT2D eigenvalue weighted by molar-refractivity contribution is 0.129. The van der Waals surface area contributed by atoms with E-state index >= 15 is 0 Å². The number of ether oxygens (including phenoxy) is 2. The van der Waals surface area contributed by atoms with E-state index in [0.717, 1.165) is 42.3 Å². The van der Waals surface area contributed by atoms with Crippen molar-refractivity contribution in [3.05, 3.63) is 23.8 Å². The monoisotopic (exact) mass is 282 g/mol. The molecular formula is C13H19BO4S. The molecule has 1 fully saturated rings. The molecule has 1 unspecified atom stereocenters. The summed E-state index contributed by atoms with van der Waals surface area (Å²) in [7, 11) is 0.164. The molecule has 0 spiro atoms. The molecule has 0 aliphatic carbocycles. The second-order valence-electron chi connectivity index (χ2n) is 4.59. The summed E-state index contributed by atoms with van der Waals surface area (Å²) in [4.78, 5) is 0. The van der Waals surface area contributed by atoms with Crippen LogP contribution in [0.3, 0.4) is 0 Å². The van der Waals surface area contributed by atoms with Gasteiger partial charge in [0.1, 0.15) is 5.75 Å². The zero-order valence-corrected chi connectivity index (χ0v) is 11.9. The van der Waals surface area contributed by atoms with Crippen molar-refractivity contribution in [2.45, 2.75) is 24.7 Å². The Labute approximate surface area is 118 Å². The number of hydrogen-bond donors (Lipinski definition) is 2. The summed E-state index contributed by atoms with van der Waals surface area (Å²) in [5, 5.41) is 18.7. The van der Waals surface area contributed by atoms with E-state index in [4.69, 9.17) is 9.47 Å². The Balaban J connectivity index is 1.96. The van der Waals surface area contributed by atoms with Crippen molar-refractivity contribution in [1.82, 2.24) is 0 Å². The minimum atomic E-state index is -1.44. The van der Waals surface area contributed by atoms with E-state index in [1.54, 1.807) is 31.0 Å². The molecule has 0 aromatic heterocycles. The van der Waals surface area contributed by atoms with Gasteiger partial charge in [0.15, 0.2) is 0 Å². The van der Waals surface area contributed by atoms with Gasteiger partial charge in [-0.2, -0.15) is 11.8 Å². The minimum Gasteiger partial charge on any atom is -0.497 e. The molecule has 1 atom stereocenters. The van der Waals surface area contributed by atoms with Crippen molar-refractivity contribution in [3.8, 4) is 5.75 Å². The van der Waals surface area contributed by atoms with Crippen molar-refractivity contribution in [2.75, 3.05) is 19.5 Å². The van der Waals surface area contributed by atoms with Crippen LogP contribution in [0.15, 0.2) is 18.2 Å². The van der Waals surface area contributed by atoms with Crippen molar-refractivity contribution in [3.63, 3.8) is 0 Å². The van der Waals surface area contributed by atoms with E-state index in [2.05, 4.69) is 0 Å². The number of benzene rings is 1. The molecule has 2 rings (SSSR count). The maximum atomic E-state index is 9.36. The Kier molecular flexibility index (Phi) is 5.57. The molecule has 0 radical (unpaired) electrons. The second-order valence-corrected chi connectivity index (χ2v) is 5.62. The highest BCUT2D eigenvalue weighted by Gasteiger charge is 2.18. The lowest BCUT2D eigenvalue weighted by Crippen LogP contribution is -2.32. The Bertz CT molecular complexity index is 408. The highest BCUT2D eigenvalue weighted by Crippen LogP contribution is 2.21. The molecule has 104 valence electrons. The van der Waals surface area contributed by atoms with Gasteiger partial charge in [0, 0.05) is 18.1 Å². The van der Waals surface area contributed by atoms with E-state index in [0.29, 0.717) is 11.6 Å². The van der Waals surface area contributed by atoms with Crippen molar-refractivity contribution >= 4 is 24.3 Å². The quantitative estimate of drug-likeness (QED) is 0.755. The standard InChI is InChI=1S/C13H19BO4S/c1-17-11-4-5-13(14(15)16)10(7-11)8-19-9-12-3-2-6-18-12/h4-5,7,12,15-16H,2-3,6,8-9H2,1H3. The van der Waals surface area contributed by atoms with Crippen LogP contribution in [0.25, 0.3) is 0 Å². The molecule has 1 aromatic rings. The summed E-state index contributed by atoms with van der Waals surface area (Å²) in [6.45, 7) is 0.866. The van der Waals surface area contributed by atoms with Crippen LogP contribution in [0, 0.1) is 0 Å². The largest absolute Gasteiger partial charge is 0.497 e. The molecule has 1 heterocycles. The summed E-state index contributed by atoms with van der Waals surface area (Å²) in [6, 6.07) is 5.30. The van der Waals surface area contributed by atoms with Gasteiger partial charge in [0.05, 0.1) is 13.2 Å². The molecule has 4 nitrogen and oxygen atoms in total. The smallest absolute Gasteiger partial charge is 0.488 e. The van der Waals surface area contributed by atoms with Crippen LogP contribution in [0.4, 0.5) is 0 Å². The number of methoxy groups -OCH3 is 1. The highest BCUT2D eigenvalue weighted by molar-refractivity contribution is 7.98. The maximum Gasteiger partial charge on any atom is 0.488 e. The van der Waals surface area contributed by atoms with E-state index in [1.165, 1.54) is 0 Å². The van der Waals surface area contributed by atoms with E-state index in [9.17, 15) is 10.0 Å². The van der Waals surface area contributed by atoms with E-state index < -0.39 is 7.12 Å².